The van der Waals surface area contributed by atoms with Crippen LogP contribution in [-0.4, -0.2) is 25.7 Å². The van der Waals surface area contributed by atoms with E-state index in [4.69, 9.17) is 11.6 Å². The smallest absolute Gasteiger partial charge is 0.125 e. The maximum atomic E-state index is 13.3. The molecule has 0 spiro atoms. The van der Waals surface area contributed by atoms with Crippen LogP contribution in [0.3, 0.4) is 0 Å². The van der Waals surface area contributed by atoms with Crippen LogP contribution in [-0.2, 0) is 0 Å². The molecule has 1 N–H and O–H groups in total. The molecule has 2 rings (SSSR count). The highest BCUT2D eigenvalue weighted by Gasteiger charge is 2.19. The summed E-state index contributed by atoms with van der Waals surface area (Å²) in [6.45, 7) is 5.04. The second-order valence-electron chi connectivity index (χ2n) is 4.84. The zero-order chi connectivity index (χ0) is 13.0. The predicted octanol–water partition coefficient (Wildman–Crippen LogP) is 3.45. The Bertz CT molecular complexity index is 397. The Balaban J connectivity index is 2.16. The van der Waals surface area contributed by atoms with Gasteiger partial charge in [-0.05, 0) is 37.6 Å². The van der Waals surface area contributed by atoms with E-state index < -0.39 is 0 Å². The molecule has 18 heavy (non-hydrogen) atoms. The summed E-state index contributed by atoms with van der Waals surface area (Å²) in [5.74, 6) is -0.223. The molecule has 4 heteroatoms. The molecular weight excluding hydrogens is 251 g/mol. The zero-order valence-corrected chi connectivity index (χ0v) is 11.5. The lowest BCUT2D eigenvalue weighted by molar-refractivity contribution is 0.502. The van der Waals surface area contributed by atoms with Gasteiger partial charge in [0.15, 0.2) is 0 Å². The van der Waals surface area contributed by atoms with Crippen LogP contribution < -0.4 is 10.2 Å². The molecule has 2 nitrogen and oxygen atoms in total. The van der Waals surface area contributed by atoms with Gasteiger partial charge in [-0.1, -0.05) is 24.9 Å². The first kappa shape index (κ1) is 13.6. The van der Waals surface area contributed by atoms with E-state index in [0.29, 0.717) is 11.1 Å². The van der Waals surface area contributed by atoms with E-state index in [9.17, 15) is 4.39 Å². The molecule has 1 fully saturated rings. The fraction of sp³-hybridized carbons (Fsp3) is 0.571. The van der Waals surface area contributed by atoms with Crippen LogP contribution in [0.2, 0.25) is 5.02 Å². The van der Waals surface area contributed by atoms with Gasteiger partial charge in [-0.15, -0.1) is 0 Å². The lowest BCUT2D eigenvalue weighted by Crippen LogP contribution is -2.37. The summed E-state index contributed by atoms with van der Waals surface area (Å²) < 4.78 is 13.3. The molecule has 1 saturated heterocycles. The molecular formula is C14H20ClFN2. The van der Waals surface area contributed by atoms with Gasteiger partial charge in [0.2, 0.25) is 0 Å². The normalized spacial score (nSPS) is 20.8. The van der Waals surface area contributed by atoms with Crippen LogP contribution in [0.5, 0.6) is 0 Å². The predicted molar refractivity (Wildman–Crippen MR) is 74.9 cm³/mol. The molecule has 1 atom stereocenters. The van der Waals surface area contributed by atoms with Crippen LogP contribution >= 0.6 is 11.6 Å². The first-order valence-corrected chi connectivity index (χ1v) is 7.02. The Kier molecular flexibility index (Phi) is 4.84. The van der Waals surface area contributed by atoms with Gasteiger partial charge in [0.1, 0.15) is 5.82 Å². The van der Waals surface area contributed by atoms with Crippen molar-refractivity contribution < 1.29 is 4.39 Å². The van der Waals surface area contributed by atoms with Crippen LogP contribution in [0.1, 0.15) is 26.2 Å². The van der Waals surface area contributed by atoms with Gasteiger partial charge in [0, 0.05) is 19.1 Å². The Labute approximate surface area is 113 Å². The summed E-state index contributed by atoms with van der Waals surface area (Å²) in [7, 11) is 0. The van der Waals surface area contributed by atoms with E-state index in [0.717, 1.165) is 44.6 Å². The van der Waals surface area contributed by atoms with Gasteiger partial charge in [-0.2, -0.15) is 0 Å². The molecule has 0 saturated carbocycles. The number of anilines is 1. The van der Waals surface area contributed by atoms with Crippen LogP contribution in [0.25, 0.3) is 0 Å². The van der Waals surface area contributed by atoms with Crippen molar-refractivity contribution in [1.82, 2.24) is 5.32 Å². The average Bonchev–Trinajstić information content (AvgIpc) is 2.58. The lowest BCUT2D eigenvalue weighted by Gasteiger charge is -2.27. The fourth-order valence-electron chi connectivity index (χ4n) is 2.49. The summed E-state index contributed by atoms with van der Waals surface area (Å²) in [4.78, 5) is 2.20. The number of nitrogens with one attached hydrogen (secondary N) is 1. The van der Waals surface area contributed by atoms with Crippen molar-refractivity contribution in [1.29, 1.82) is 0 Å². The standard InChI is InChI=1S/C14H20ClFN2/c1-2-4-12-10-18(8-3-7-17-12)14-9-11(16)5-6-13(14)15/h5-6,9,12,17H,2-4,7-8,10H2,1H3. The second-order valence-corrected chi connectivity index (χ2v) is 5.24. The van der Waals surface area contributed by atoms with Gasteiger partial charge in [0.25, 0.3) is 0 Å². The molecule has 0 aromatic heterocycles. The van der Waals surface area contributed by atoms with E-state index in [1.165, 1.54) is 12.1 Å². The molecule has 0 bridgehead atoms. The van der Waals surface area contributed by atoms with Gasteiger partial charge in [-0.25, -0.2) is 4.39 Å². The minimum Gasteiger partial charge on any atom is -0.369 e. The molecule has 1 unspecified atom stereocenters. The van der Waals surface area contributed by atoms with Gasteiger partial charge < -0.3 is 10.2 Å². The van der Waals surface area contributed by atoms with Gasteiger partial charge in [-0.3, -0.25) is 0 Å². The average molecular weight is 271 g/mol. The Morgan fingerprint density at radius 2 is 2.33 bits per heavy atom. The zero-order valence-electron chi connectivity index (χ0n) is 10.8. The van der Waals surface area contributed by atoms with E-state index in [1.54, 1.807) is 6.07 Å². The fourth-order valence-corrected chi connectivity index (χ4v) is 2.72. The van der Waals surface area contributed by atoms with Crippen molar-refractivity contribution in [2.45, 2.75) is 32.2 Å². The van der Waals surface area contributed by atoms with E-state index in [-0.39, 0.29) is 5.82 Å². The summed E-state index contributed by atoms with van der Waals surface area (Å²) >= 11 is 6.18. The van der Waals surface area contributed by atoms with Crippen molar-refractivity contribution in [2.75, 3.05) is 24.5 Å². The molecule has 1 aromatic rings. The van der Waals surface area contributed by atoms with Gasteiger partial charge >= 0.3 is 0 Å². The number of hydrogen-bond donors (Lipinski definition) is 1. The Morgan fingerprint density at radius 3 is 3.11 bits per heavy atom. The molecule has 1 aromatic carbocycles. The highest BCUT2D eigenvalue weighted by atomic mass is 35.5. The number of rotatable bonds is 3. The molecule has 0 aliphatic carbocycles. The third-order valence-corrected chi connectivity index (χ3v) is 3.68. The summed E-state index contributed by atoms with van der Waals surface area (Å²) in [6, 6.07) is 5.05. The van der Waals surface area contributed by atoms with Crippen molar-refractivity contribution >= 4 is 17.3 Å². The Hall–Kier alpha value is -0.800. The van der Waals surface area contributed by atoms with Crippen LogP contribution in [0.4, 0.5) is 10.1 Å². The summed E-state index contributed by atoms with van der Waals surface area (Å²) in [5, 5.41) is 4.17. The molecule has 1 heterocycles. The van der Waals surface area contributed by atoms with E-state index in [1.807, 2.05) is 0 Å². The van der Waals surface area contributed by atoms with Crippen molar-refractivity contribution in [3.8, 4) is 0 Å². The van der Waals surface area contributed by atoms with Crippen molar-refractivity contribution in [3.05, 3.63) is 29.0 Å². The second kappa shape index (κ2) is 6.39. The largest absolute Gasteiger partial charge is 0.369 e. The first-order chi connectivity index (χ1) is 8.70. The van der Waals surface area contributed by atoms with Gasteiger partial charge in [0.05, 0.1) is 10.7 Å². The third kappa shape index (κ3) is 3.36. The topological polar surface area (TPSA) is 15.3 Å². The molecule has 1 aliphatic rings. The maximum absolute atomic E-state index is 13.3. The summed E-state index contributed by atoms with van der Waals surface area (Å²) in [6.07, 6.45) is 3.36. The molecule has 1 aliphatic heterocycles. The first-order valence-electron chi connectivity index (χ1n) is 6.64. The molecule has 0 amide bonds. The van der Waals surface area contributed by atoms with E-state index >= 15 is 0 Å². The Morgan fingerprint density at radius 1 is 1.50 bits per heavy atom. The third-order valence-electron chi connectivity index (χ3n) is 3.36. The van der Waals surface area contributed by atoms with E-state index in [2.05, 4.69) is 17.1 Å². The molecule has 100 valence electrons. The monoisotopic (exact) mass is 270 g/mol. The van der Waals surface area contributed by atoms with Crippen LogP contribution in [0, 0.1) is 5.82 Å². The number of nitrogens with zero attached hydrogens (tertiary/aromatic N) is 1. The lowest BCUT2D eigenvalue weighted by atomic mass is 10.1. The number of benzene rings is 1. The van der Waals surface area contributed by atoms with Crippen LogP contribution in [0.15, 0.2) is 18.2 Å². The number of hydrogen-bond acceptors (Lipinski definition) is 2. The van der Waals surface area contributed by atoms with Crippen molar-refractivity contribution in [2.24, 2.45) is 0 Å². The quantitative estimate of drug-likeness (QED) is 0.905. The van der Waals surface area contributed by atoms with Crippen molar-refractivity contribution in [3.63, 3.8) is 0 Å². The highest BCUT2D eigenvalue weighted by molar-refractivity contribution is 6.33. The summed E-state index contributed by atoms with van der Waals surface area (Å²) in [5.41, 5.74) is 0.821. The highest BCUT2D eigenvalue weighted by Crippen LogP contribution is 2.27. The minimum absolute atomic E-state index is 0.223. The molecule has 0 radical (unpaired) electrons. The SMILES string of the molecule is CCCC1CN(c2cc(F)ccc2Cl)CCCN1. The number of halogens is 2. The minimum atomic E-state index is -0.223. The maximum Gasteiger partial charge on any atom is 0.125 e.